The lowest BCUT2D eigenvalue weighted by Crippen LogP contribution is -2.30. The van der Waals surface area contributed by atoms with Crippen molar-refractivity contribution in [2.45, 2.75) is 19.9 Å². The molecule has 0 spiro atoms. The van der Waals surface area contributed by atoms with Gasteiger partial charge in [0.2, 0.25) is 5.95 Å². The fourth-order valence-electron chi connectivity index (χ4n) is 2.77. The number of allylic oxidation sites excluding steroid dienone is 1. The minimum Gasteiger partial charge on any atom is -0.496 e. The maximum Gasteiger partial charge on any atom is 0.338 e. The van der Waals surface area contributed by atoms with Crippen molar-refractivity contribution in [2.75, 3.05) is 19.0 Å². The van der Waals surface area contributed by atoms with Gasteiger partial charge in [0.05, 0.1) is 19.3 Å². The van der Waals surface area contributed by atoms with Crippen LogP contribution in [0.4, 0.5) is 5.95 Å². The molecule has 0 aliphatic carbocycles. The first kappa shape index (κ1) is 16.5. The predicted octanol–water partition coefficient (Wildman–Crippen LogP) is 2.90. The molecule has 2 aromatic rings. The smallest absolute Gasteiger partial charge is 0.338 e. The van der Waals surface area contributed by atoms with Crippen LogP contribution in [0.3, 0.4) is 0 Å². The van der Waals surface area contributed by atoms with E-state index in [9.17, 15) is 4.79 Å². The van der Waals surface area contributed by atoms with Crippen molar-refractivity contribution in [2.24, 2.45) is 0 Å². The van der Waals surface area contributed by atoms with Gasteiger partial charge < -0.3 is 14.8 Å². The highest BCUT2D eigenvalue weighted by Gasteiger charge is 2.35. The van der Waals surface area contributed by atoms with Crippen molar-refractivity contribution in [3.8, 4) is 5.75 Å². The minimum absolute atomic E-state index is 0.294. The average Bonchev–Trinajstić information content (AvgIpc) is 3.01. The van der Waals surface area contributed by atoms with Gasteiger partial charge in [0, 0.05) is 15.7 Å². The van der Waals surface area contributed by atoms with Gasteiger partial charge in [0.15, 0.2) is 0 Å². The van der Waals surface area contributed by atoms with E-state index in [1.165, 1.54) is 6.33 Å². The third-order valence-electron chi connectivity index (χ3n) is 3.78. The first-order chi connectivity index (χ1) is 11.6. The Morgan fingerprint density at radius 2 is 2.25 bits per heavy atom. The second-order valence-electron chi connectivity index (χ2n) is 5.20. The van der Waals surface area contributed by atoms with E-state index in [1.54, 1.807) is 18.7 Å². The third kappa shape index (κ3) is 2.77. The first-order valence-corrected chi connectivity index (χ1v) is 8.24. The van der Waals surface area contributed by atoms with Crippen LogP contribution in [0, 0.1) is 0 Å². The SMILES string of the molecule is CCOC(=O)C1=C(C)Nc2ncnn2[C@@H]1c1cc(Br)ccc1OC. The van der Waals surface area contributed by atoms with E-state index in [-0.39, 0.29) is 0 Å². The van der Waals surface area contributed by atoms with Gasteiger partial charge in [-0.2, -0.15) is 10.1 Å². The maximum absolute atomic E-state index is 12.6. The molecular weight excluding hydrogens is 376 g/mol. The van der Waals surface area contributed by atoms with Crippen LogP contribution >= 0.6 is 15.9 Å². The third-order valence-corrected chi connectivity index (χ3v) is 4.27. The molecule has 1 aliphatic rings. The molecule has 1 N–H and O–H groups in total. The van der Waals surface area contributed by atoms with Crippen LogP contribution in [0.25, 0.3) is 0 Å². The number of hydrogen-bond donors (Lipinski definition) is 1. The minimum atomic E-state index is -0.491. The molecule has 1 aromatic heterocycles. The van der Waals surface area contributed by atoms with Gasteiger partial charge in [-0.25, -0.2) is 9.48 Å². The fourth-order valence-corrected chi connectivity index (χ4v) is 3.15. The van der Waals surface area contributed by atoms with Crippen molar-refractivity contribution >= 4 is 27.8 Å². The van der Waals surface area contributed by atoms with E-state index in [2.05, 4.69) is 31.3 Å². The Hall–Kier alpha value is -2.35. The van der Waals surface area contributed by atoms with E-state index in [1.807, 2.05) is 25.1 Å². The summed E-state index contributed by atoms with van der Waals surface area (Å²) >= 11 is 3.48. The zero-order chi connectivity index (χ0) is 17.3. The van der Waals surface area contributed by atoms with Crippen LogP contribution in [0.2, 0.25) is 0 Å². The number of rotatable bonds is 4. The van der Waals surface area contributed by atoms with Crippen LogP contribution in [-0.4, -0.2) is 34.5 Å². The lowest BCUT2D eigenvalue weighted by molar-refractivity contribution is -0.139. The molecule has 0 saturated carbocycles. The van der Waals surface area contributed by atoms with Crippen molar-refractivity contribution in [3.05, 3.63) is 45.8 Å². The molecule has 0 amide bonds. The maximum atomic E-state index is 12.6. The molecule has 1 atom stereocenters. The molecule has 3 rings (SSSR count). The summed E-state index contributed by atoms with van der Waals surface area (Å²) in [6, 6.07) is 5.14. The average molecular weight is 393 g/mol. The summed E-state index contributed by atoms with van der Waals surface area (Å²) in [5.41, 5.74) is 1.95. The Bertz CT molecular complexity index is 815. The molecule has 7 nitrogen and oxygen atoms in total. The highest BCUT2D eigenvalue weighted by Crippen LogP contribution is 2.40. The highest BCUT2D eigenvalue weighted by molar-refractivity contribution is 9.10. The summed E-state index contributed by atoms with van der Waals surface area (Å²) in [5, 5.41) is 7.37. The fraction of sp³-hybridized carbons (Fsp3) is 0.312. The number of halogens is 1. The summed E-state index contributed by atoms with van der Waals surface area (Å²) in [4.78, 5) is 16.8. The first-order valence-electron chi connectivity index (χ1n) is 7.44. The summed E-state index contributed by atoms with van der Waals surface area (Å²) in [7, 11) is 1.59. The van der Waals surface area contributed by atoms with Crippen molar-refractivity contribution < 1.29 is 14.3 Å². The molecule has 126 valence electrons. The van der Waals surface area contributed by atoms with Crippen LogP contribution in [0.15, 0.2) is 40.3 Å². The zero-order valence-corrected chi connectivity index (χ0v) is 15.1. The van der Waals surface area contributed by atoms with Crippen molar-refractivity contribution in [1.82, 2.24) is 14.8 Å². The molecule has 8 heteroatoms. The zero-order valence-electron chi connectivity index (χ0n) is 13.5. The van der Waals surface area contributed by atoms with Gasteiger partial charge in [-0.15, -0.1) is 0 Å². The lowest BCUT2D eigenvalue weighted by Gasteiger charge is -2.29. The normalized spacial score (nSPS) is 16.4. The highest BCUT2D eigenvalue weighted by atomic mass is 79.9. The Kier molecular flexibility index (Phi) is 4.57. The number of carbonyl (C=O) groups is 1. The quantitative estimate of drug-likeness (QED) is 0.805. The van der Waals surface area contributed by atoms with Crippen molar-refractivity contribution in [3.63, 3.8) is 0 Å². The number of hydrogen-bond acceptors (Lipinski definition) is 6. The van der Waals surface area contributed by atoms with E-state index in [0.717, 1.165) is 10.0 Å². The second kappa shape index (κ2) is 6.64. The molecule has 0 unspecified atom stereocenters. The largest absolute Gasteiger partial charge is 0.496 e. The molecule has 1 aromatic carbocycles. The number of nitrogens with one attached hydrogen (secondary N) is 1. The van der Waals surface area contributed by atoms with Gasteiger partial charge >= 0.3 is 5.97 Å². The number of carbonyl (C=O) groups excluding carboxylic acids is 1. The Balaban J connectivity index is 2.22. The number of methoxy groups -OCH3 is 1. The molecule has 0 radical (unpaired) electrons. The van der Waals surface area contributed by atoms with E-state index in [0.29, 0.717) is 29.6 Å². The summed E-state index contributed by atoms with van der Waals surface area (Å²) in [6.07, 6.45) is 1.45. The van der Waals surface area contributed by atoms with E-state index >= 15 is 0 Å². The number of fused-ring (bicyclic) bond motifs is 1. The number of aromatic nitrogens is 3. The predicted molar refractivity (Wildman–Crippen MR) is 91.8 cm³/mol. The topological polar surface area (TPSA) is 78.3 Å². The van der Waals surface area contributed by atoms with Gasteiger partial charge in [0.1, 0.15) is 18.1 Å². The van der Waals surface area contributed by atoms with Crippen LogP contribution in [-0.2, 0) is 9.53 Å². The Morgan fingerprint density at radius 1 is 1.46 bits per heavy atom. The number of anilines is 1. The second-order valence-corrected chi connectivity index (χ2v) is 6.12. The summed E-state index contributed by atoms with van der Waals surface area (Å²) in [6.45, 7) is 3.89. The van der Waals surface area contributed by atoms with Crippen molar-refractivity contribution in [1.29, 1.82) is 0 Å². The standard InChI is InChI=1S/C16H17BrN4O3/c1-4-24-15(22)13-9(2)20-16-18-8-19-21(16)14(13)11-7-10(17)5-6-12(11)23-3/h5-8,14H,4H2,1-3H3,(H,18,19,20)/t14-/m1/s1. The van der Waals surface area contributed by atoms with Gasteiger partial charge in [-0.05, 0) is 32.0 Å². The Labute approximate surface area is 147 Å². The molecule has 2 heterocycles. The molecule has 1 aliphatic heterocycles. The molecule has 24 heavy (non-hydrogen) atoms. The number of esters is 1. The van der Waals surface area contributed by atoms with Gasteiger partial charge in [-0.3, -0.25) is 0 Å². The molecule has 0 fully saturated rings. The molecular formula is C16H17BrN4O3. The number of ether oxygens (including phenoxy) is 2. The van der Waals surface area contributed by atoms with E-state index in [4.69, 9.17) is 9.47 Å². The molecule has 0 saturated heterocycles. The summed E-state index contributed by atoms with van der Waals surface area (Å²) < 4.78 is 13.3. The Morgan fingerprint density at radius 3 is 2.96 bits per heavy atom. The number of benzene rings is 1. The van der Waals surface area contributed by atoms with Crippen LogP contribution < -0.4 is 10.1 Å². The molecule has 0 bridgehead atoms. The summed E-state index contributed by atoms with van der Waals surface area (Å²) in [5.74, 6) is 0.824. The lowest BCUT2D eigenvalue weighted by atomic mass is 9.95. The number of nitrogens with zero attached hydrogens (tertiary/aromatic N) is 3. The van der Waals surface area contributed by atoms with Crippen LogP contribution in [0.5, 0.6) is 5.75 Å². The van der Waals surface area contributed by atoms with Gasteiger partial charge in [-0.1, -0.05) is 15.9 Å². The monoisotopic (exact) mass is 392 g/mol. The van der Waals surface area contributed by atoms with Gasteiger partial charge in [0.25, 0.3) is 0 Å². The van der Waals surface area contributed by atoms with E-state index < -0.39 is 12.0 Å². The van der Waals surface area contributed by atoms with Crippen LogP contribution in [0.1, 0.15) is 25.5 Å².